The second kappa shape index (κ2) is 6.90. The lowest BCUT2D eigenvalue weighted by Crippen LogP contribution is -2.28. The van der Waals surface area contributed by atoms with Crippen molar-refractivity contribution in [2.75, 3.05) is 6.54 Å². The summed E-state index contributed by atoms with van der Waals surface area (Å²) in [7, 11) is 1.98. The molecule has 5 heteroatoms. The summed E-state index contributed by atoms with van der Waals surface area (Å²) in [5.41, 5.74) is 2.61. The van der Waals surface area contributed by atoms with Crippen molar-refractivity contribution in [1.29, 1.82) is 0 Å². The molecule has 2 rings (SSSR count). The highest BCUT2D eigenvalue weighted by molar-refractivity contribution is 7.99. The van der Waals surface area contributed by atoms with Crippen molar-refractivity contribution in [2.45, 2.75) is 37.2 Å². The Kier molecular flexibility index (Phi) is 5.20. The highest BCUT2D eigenvalue weighted by Gasteiger charge is 2.21. The number of thioether (sulfide) groups is 1. The Morgan fingerprint density at radius 3 is 2.55 bits per heavy atom. The molecule has 0 radical (unpaired) electrons. The maximum atomic E-state index is 4.15. The van der Waals surface area contributed by atoms with Gasteiger partial charge in [-0.3, -0.25) is 0 Å². The fourth-order valence-corrected chi connectivity index (χ4v) is 3.19. The minimum Gasteiger partial charge on any atom is -0.312 e. The first-order valence-electron chi connectivity index (χ1n) is 6.92. The van der Waals surface area contributed by atoms with E-state index < -0.39 is 0 Å². The molecule has 0 fully saturated rings. The van der Waals surface area contributed by atoms with E-state index in [0.717, 1.165) is 11.7 Å². The highest BCUT2D eigenvalue weighted by atomic mass is 32.2. The van der Waals surface area contributed by atoms with E-state index in [-0.39, 0.29) is 0 Å². The Hall–Kier alpha value is -1.33. The normalized spacial score (nSPS) is 14.2. The molecule has 0 bridgehead atoms. The van der Waals surface area contributed by atoms with Gasteiger partial charge in [0.1, 0.15) is 6.33 Å². The average Bonchev–Trinajstić information content (AvgIpc) is 2.83. The Balaban J connectivity index is 2.15. The molecule has 2 unspecified atom stereocenters. The van der Waals surface area contributed by atoms with Gasteiger partial charge >= 0.3 is 0 Å². The molecule has 0 saturated heterocycles. The van der Waals surface area contributed by atoms with Crippen LogP contribution in [-0.4, -0.2) is 26.6 Å². The Morgan fingerprint density at radius 2 is 2.00 bits per heavy atom. The summed E-state index contributed by atoms with van der Waals surface area (Å²) in [6, 6.07) is 9.05. The standard InChI is InChI=1S/C15H22N4S/c1-5-16-14(13-8-6-11(2)7-9-13)12(3)20-15-18-17-10-19(15)4/h6-10,12,14,16H,5H2,1-4H3. The summed E-state index contributed by atoms with van der Waals surface area (Å²) in [4.78, 5) is 0. The minimum atomic E-state index is 0.308. The second-order valence-electron chi connectivity index (χ2n) is 4.99. The van der Waals surface area contributed by atoms with E-state index in [4.69, 9.17) is 0 Å². The zero-order chi connectivity index (χ0) is 14.5. The zero-order valence-electron chi connectivity index (χ0n) is 12.5. The molecule has 108 valence electrons. The second-order valence-corrected chi connectivity index (χ2v) is 6.34. The minimum absolute atomic E-state index is 0.308. The lowest BCUT2D eigenvalue weighted by atomic mass is 10.0. The molecule has 2 aromatic rings. The van der Waals surface area contributed by atoms with Crippen LogP contribution in [0.4, 0.5) is 0 Å². The number of aryl methyl sites for hydroxylation is 2. The monoisotopic (exact) mass is 290 g/mol. The molecule has 0 spiro atoms. The number of nitrogens with one attached hydrogen (secondary N) is 1. The molecule has 0 amide bonds. The number of benzene rings is 1. The highest BCUT2D eigenvalue weighted by Crippen LogP contribution is 2.30. The van der Waals surface area contributed by atoms with Crippen molar-refractivity contribution in [1.82, 2.24) is 20.1 Å². The van der Waals surface area contributed by atoms with E-state index in [1.807, 2.05) is 11.6 Å². The van der Waals surface area contributed by atoms with Crippen LogP contribution in [0.15, 0.2) is 35.7 Å². The largest absolute Gasteiger partial charge is 0.312 e. The van der Waals surface area contributed by atoms with Gasteiger partial charge in [-0.25, -0.2) is 0 Å². The van der Waals surface area contributed by atoms with Crippen LogP contribution in [-0.2, 0) is 7.05 Å². The van der Waals surface area contributed by atoms with Crippen molar-refractivity contribution >= 4 is 11.8 Å². The summed E-state index contributed by atoms with van der Waals surface area (Å²) in [5.74, 6) is 0. The maximum absolute atomic E-state index is 4.15. The van der Waals surface area contributed by atoms with Crippen LogP contribution >= 0.6 is 11.8 Å². The lowest BCUT2D eigenvalue weighted by Gasteiger charge is -2.24. The third-order valence-corrected chi connectivity index (χ3v) is 4.52. The van der Waals surface area contributed by atoms with Crippen LogP contribution in [0.2, 0.25) is 0 Å². The van der Waals surface area contributed by atoms with Gasteiger partial charge in [-0.05, 0) is 19.0 Å². The molecule has 1 aromatic carbocycles. The summed E-state index contributed by atoms with van der Waals surface area (Å²) in [6.45, 7) is 7.43. The fraction of sp³-hybridized carbons (Fsp3) is 0.467. The van der Waals surface area contributed by atoms with E-state index in [9.17, 15) is 0 Å². The van der Waals surface area contributed by atoms with Crippen LogP contribution in [0.25, 0.3) is 0 Å². The molecule has 0 aliphatic heterocycles. The first-order valence-corrected chi connectivity index (χ1v) is 7.80. The summed E-state index contributed by atoms with van der Waals surface area (Å²) >= 11 is 1.75. The number of nitrogens with zero attached hydrogens (tertiary/aromatic N) is 3. The quantitative estimate of drug-likeness (QED) is 0.831. The van der Waals surface area contributed by atoms with Crippen LogP contribution < -0.4 is 5.32 Å². The van der Waals surface area contributed by atoms with Gasteiger partial charge in [0.15, 0.2) is 5.16 Å². The first kappa shape index (κ1) is 15.1. The van der Waals surface area contributed by atoms with Gasteiger partial charge < -0.3 is 9.88 Å². The molecule has 20 heavy (non-hydrogen) atoms. The van der Waals surface area contributed by atoms with Crippen molar-refractivity contribution in [3.05, 3.63) is 41.7 Å². The van der Waals surface area contributed by atoms with Gasteiger partial charge in [-0.15, -0.1) is 10.2 Å². The third kappa shape index (κ3) is 3.61. The smallest absolute Gasteiger partial charge is 0.191 e. The average molecular weight is 290 g/mol. The van der Waals surface area contributed by atoms with Gasteiger partial charge in [-0.1, -0.05) is 55.4 Å². The molecule has 1 N–H and O–H groups in total. The number of hydrogen-bond acceptors (Lipinski definition) is 4. The molecular weight excluding hydrogens is 268 g/mol. The number of hydrogen-bond donors (Lipinski definition) is 1. The first-order chi connectivity index (χ1) is 9.61. The van der Waals surface area contributed by atoms with Gasteiger partial charge in [0.25, 0.3) is 0 Å². The molecule has 1 aromatic heterocycles. The predicted molar refractivity (Wildman–Crippen MR) is 83.9 cm³/mol. The Bertz CT molecular complexity index is 535. The van der Waals surface area contributed by atoms with Crippen LogP contribution in [0, 0.1) is 6.92 Å². The van der Waals surface area contributed by atoms with Crippen molar-refractivity contribution < 1.29 is 0 Å². The van der Waals surface area contributed by atoms with Crippen molar-refractivity contribution in [3.63, 3.8) is 0 Å². The Morgan fingerprint density at radius 1 is 1.30 bits per heavy atom. The molecule has 4 nitrogen and oxygen atoms in total. The molecule has 2 atom stereocenters. The SMILES string of the molecule is CCNC(c1ccc(C)cc1)C(C)Sc1nncn1C. The summed E-state index contributed by atoms with van der Waals surface area (Å²) < 4.78 is 1.96. The van der Waals surface area contributed by atoms with Crippen LogP contribution in [0.1, 0.15) is 31.0 Å². The molecular formula is C15H22N4S. The molecule has 0 aliphatic carbocycles. The molecule has 0 saturated carbocycles. The van der Waals surface area contributed by atoms with Crippen LogP contribution in [0.3, 0.4) is 0 Å². The van der Waals surface area contributed by atoms with E-state index in [1.54, 1.807) is 18.1 Å². The summed E-state index contributed by atoms with van der Waals surface area (Å²) in [5, 5.41) is 13.0. The zero-order valence-corrected chi connectivity index (χ0v) is 13.3. The van der Waals surface area contributed by atoms with E-state index in [1.165, 1.54) is 11.1 Å². The number of rotatable bonds is 6. The van der Waals surface area contributed by atoms with Gasteiger partial charge in [-0.2, -0.15) is 0 Å². The molecule has 1 heterocycles. The molecule has 0 aliphatic rings. The third-order valence-electron chi connectivity index (χ3n) is 3.29. The Labute approximate surface area is 125 Å². The summed E-state index contributed by atoms with van der Waals surface area (Å²) in [6.07, 6.45) is 1.74. The topological polar surface area (TPSA) is 42.7 Å². The maximum Gasteiger partial charge on any atom is 0.191 e. The van der Waals surface area contributed by atoms with E-state index in [0.29, 0.717) is 11.3 Å². The van der Waals surface area contributed by atoms with Gasteiger partial charge in [0.05, 0.1) is 0 Å². The lowest BCUT2D eigenvalue weighted by molar-refractivity contribution is 0.546. The van der Waals surface area contributed by atoms with E-state index >= 15 is 0 Å². The fourth-order valence-electron chi connectivity index (χ4n) is 2.16. The van der Waals surface area contributed by atoms with Crippen LogP contribution in [0.5, 0.6) is 0 Å². The van der Waals surface area contributed by atoms with Gasteiger partial charge in [0, 0.05) is 18.3 Å². The van der Waals surface area contributed by atoms with E-state index in [2.05, 4.69) is 60.6 Å². The van der Waals surface area contributed by atoms with Crippen molar-refractivity contribution in [2.24, 2.45) is 7.05 Å². The van der Waals surface area contributed by atoms with Gasteiger partial charge in [0.2, 0.25) is 0 Å². The number of aromatic nitrogens is 3. The predicted octanol–water partition coefficient (Wildman–Crippen LogP) is 2.95. The van der Waals surface area contributed by atoms with Crippen molar-refractivity contribution in [3.8, 4) is 0 Å².